The molecule has 76 valence electrons. The second-order valence-corrected chi connectivity index (χ2v) is 3.28. The Morgan fingerprint density at radius 2 is 2.14 bits per heavy atom. The van der Waals surface area contributed by atoms with Crippen molar-refractivity contribution in [2.75, 3.05) is 13.6 Å². The van der Waals surface area contributed by atoms with Gasteiger partial charge in [-0.15, -0.1) is 0 Å². The van der Waals surface area contributed by atoms with Gasteiger partial charge in [-0.1, -0.05) is 0 Å². The maximum Gasteiger partial charge on any atom is 0.253 e. The zero-order valence-corrected chi connectivity index (χ0v) is 8.67. The summed E-state index contributed by atoms with van der Waals surface area (Å²) < 4.78 is 12.8. The Bertz CT molecular complexity index is 349. The molecule has 2 nitrogen and oxygen atoms in total. The average molecular weight is 195 g/mol. The van der Waals surface area contributed by atoms with Crippen LogP contribution in [0.15, 0.2) is 18.2 Å². The summed E-state index contributed by atoms with van der Waals surface area (Å²) in [5.41, 5.74) is 1.24. The number of amides is 1. The first-order valence-electron chi connectivity index (χ1n) is 4.58. The minimum absolute atomic E-state index is 0.0648. The van der Waals surface area contributed by atoms with Crippen LogP contribution in [0, 0.1) is 12.7 Å². The average Bonchev–Trinajstić information content (AvgIpc) is 2.15. The second-order valence-electron chi connectivity index (χ2n) is 3.28. The van der Waals surface area contributed by atoms with Crippen LogP contribution in [0.5, 0.6) is 0 Å². The van der Waals surface area contributed by atoms with Gasteiger partial charge in [0.15, 0.2) is 0 Å². The number of nitrogens with zero attached hydrogens (tertiary/aromatic N) is 1. The molecule has 0 aliphatic heterocycles. The van der Waals surface area contributed by atoms with Gasteiger partial charge in [0, 0.05) is 19.2 Å². The molecule has 3 heteroatoms. The molecule has 0 aliphatic carbocycles. The van der Waals surface area contributed by atoms with Crippen molar-refractivity contribution in [1.29, 1.82) is 0 Å². The highest BCUT2D eigenvalue weighted by molar-refractivity contribution is 5.95. The predicted molar refractivity (Wildman–Crippen MR) is 53.8 cm³/mol. The molecule has 0 N–H and O–H groups in total. The van der Waals surface area contributed by atoms with Crippen LogP contribution in [0.4, 0.5) is 4.39 Å². The maximum atomic E-state index is 12.8. The Hall–Kier alpha value is -1.38. The molecule has 0 saturated carbocycles. The molecule has 0 radical (unpaired) electrons. The number of carbonyl (C=O) groups is 1. The number of carbonyl (C=O) groups excluding carboxylic acids is 1. The standard InChI is InChI=1S/C11H14FNO/c1-4-13(3)11(14)10-6-5-9(12)7-8(10)2/h5-7H,4H2,1-3H3. The van der Waals surface area contributed by atoms with Gasteiger partial charge >= 0.3 is 0 Å². The highest BCUT2D eigenvalue weighted by Crippen LogP contribution is 2.11. The monoisotopic (exact) mass is 195 g/mol. The van der Waals surface area contributed by atoms with Gasteiger partial charge < -0.3 is 4.90 Å². The van der Waals surface area contributed by atoms with E-state index in [4.69, 9.17) is 0 Å². The van der Waals surface area contributed by atoms with Crippen molar-refractivity contribution in [1.82, 2.24) is 4.90 Å². The summed E-state index contributed by atoms with van der Waals surface area (Å²) in [6.07, 6.45) is 0. The van der Waals surface area contributed by atoms with Crippen molar-refractivity contribution in [2.24, 2.45) is 0 Å². The van der Waals surface area contributed by atoms with Gasteiger partial charge in [0.2, 0.25) is 0 Å². The van der Waals surface area contributed by atoms with Gasteiger partial charge in [-0.25, -0.2) is 4.39 Å². The Balaban J connectivity index is 3.02. The van der Waals surface area contributed by atoms with E-state index in [0.29, 0.717) is 17.7 Å². The number of rotatable bonds is 2. The lowest BCUT2D eigenvalue weighted by Gasteiger charge is -2.15. The number of benzene rings is 1. The molecule has 0 fully saturated rings. The fourth-order valence-electron chi connectivity index (χ4n) is 1.22. The molecule has 0 unspecified atom stereocenters. The number of hydrogen-bond donors (Lipinski definition) is 0. The molecule has 0 aliphatic rings. The Kier molecular flexibility index (Phi) is 3.23. The smallest absolute Gasteiger partial charge is 0.253 e. The van der Waals surface area contributed by atoms with Gasteiger partial charge in [0.05, 0.1) is 0 Å². The van der Waals surface area contributed by atoms with Gasteiger partial charge in [-0.05, 0) is 37.6 Å². The van der Waals surface area contributed by atoms with Crippen LogP contribution in [0.25, 0.3) is 0 Å². The van der Waals surface area contributed by atoms with Crippen LogP contribution >= 0.6 is 0 Å². The van der Waals surface area contributed by atoms with Crippen LogP contribution in [0.2, 0.25) is 0 Å². The maximum absolute atomic E-state index is 12.8. The minimum Gasteiger partial charge on any atom is -0.342 e. The fourth-order valence-corrected chi connectivity index (χ4v) is 1.22. The van der Waals surface area contributed by atoms with Crippen LogP contribution in [0.3, 0.4) is 0 Å². The molecular formula is C11H14FNO. The van der Waals surface area contributed by atoms with E-state index in [9.17, 15) is 9.18 Å². The zero-order chi connectivity index (χ0) is 10.7. The lowest BCUT2D eigenvalue weighted by molar-refractivity contribution is 0.0801. The van der Waals surface area contributed by atoms with E-state index in [1.54, 1.807) is 18.9 Å². The van der Waals surface area contributed by atoms with E-state index >= 15 is 0 Å². The molecule has 0 saturated heterocycles. The molecule has 1 aromatic rings. The summed E-state index contributed by atoms with van der Waals surface area (Å²) in [4.78, 5) is 13.3. The first-order chi connectivity index (χ1) is 6.56. The molecule has 1 amide bonds. The van der Waals surface area contributed by atoms with Crippen LogP contribution < -0.4 is 0 Å². The van der Waals surface area contributed by atoms with Crippen molar-refractivity contribution >= 4 is 5.91 Å². The molecule has 1 rings (SSSR count). The van der Waals surface area contributed by atoms with E-state index in [-0.39, 0.29) is 11.7 Å². The number of aryl methyl sites for hydroxylation is 1. The largest absolute Gasteiger partial charge is 0.342 e. The van der Waals surface area contributed by atoms with Crippen LogP contribution in [0.1, 0.15) is 22.8 Å². The van der Waals surface area contributed by atoms with Gasteiger partial charge in [0.25, 0.3) is 5.91 Å². The molecule has 1 aromatic carbocycles. The van der Waals surface area contributed by atoms with Gasteiger partial charge in [0.1, 0.15) is 5.82 Å². The fraction of sp³-hybridized carbons (Fsp3) is 0.364. The minimum atomic E-state index is -0.307. The number of hydrogen-bond acceptors (Lipinski definition) is 1. The molecule has 0 aromatic heterocycles. The summed E-state index contributed by atoms with van der Waals surface area (Å²) in [7, 11) is 1.73. The second kappa shape index (κ2) is 4.22. The Morgan fingerprint density at radius 1 is 1.50 bits per heavy atom. The third-order valence-electron chi connectivity index (χ3n) is 2.24. The highest BCUT2D eigenvalue weighted by atomic mass is 19.1. The molecule has 0 bridgehead atoms. The van der Waals surface area contributed by atoms with Crippen molar-refractivity contribution < 1.29 is 9.18 Å². The van der Waals surface area contributed by atoms with E-state index < -0.39 is 0 Å². The van der Waals surface area contributed by atoms with Gasteiger partial charge in [-0.3, -0.25) is 4.79 Å². The third kappa shape index (κ3) is 2.10. The van der Waals surface area contributed by atoms with Crippen molar-refractivity contribution in [3.63, 3.8) is 0 Å². The first-order valence-corrected chi connectivity index (χ1v) is 4.58. The summed E-state index contributed by atoms with van der Waals surface area (Å²) >= 11 is 0. The van der Waals surface area contributed by atoms with E-state index in [1.807, 2.05) is 6.92 Å². The van der Waals surface area contributed by atoms with E-state index in [1.165, 1.54) is 18.2 Å². The summed E-state index contributed by atoms with van der Waals surface area (Å²) in [5, 5.41) is 0. The topological polar surface area (TPSA) is 20.3 Å². The summed E-state index contributed by atoms with van der Waals surface area (Å²) in [6, 6.07) is 4.21. The lowest BCUT2D eigenvalue weighted by Crippen LogP contribution is -2.26. The Labute approximate surface area is 83.3 Å². The first kappa shape index (κ1) is 10.7. The zero-order valence-electron chi connectivity index (χ0n) is 8.67. The van der Waals surface area contributed by atoms with Crippen LogP contribution in [-0.4, -0.2) is 24.4 Å². The molecule has 0 spiro atoms. The molecule has 0 heterocycles. The van der Waals surface area contributed by atoms with Gasteiger partial charge in [-0.2, -0.15) is 0 Å². The summed E-state index contributed by atoms with van der Waals surface area (Å²) in [5.74, 6) is -0.372. The Morgan fingerprint density at radius 3 is 2.64 bits per heavy atom. The van der Waals surface area contributed by atoms with Crippen molar-refractivity contribution in [3.05, 3.63) is 35.1 Å². The summed E-state index contributed by atoms with van der Waals surface area (Å²) in [6.45, 7) is 4.28. The SMILES string of the molecule is CCN(C)C(=O)c1ccc(F)cc1C. The molecular weight excluding hydrogens is 181 g/mol. The predicted octanol–water partition coefficient (Wildman–Crippen LogP) is 2.23. The molecule has 0 atom stereocenters. The van der Waals surface area contributed by atoms with Crippen molar-refractivity contribution in [2.45, 2.75) is 13.8 Å². The lowest BCUT2D eigenvalue weighted by atomic mass is 10.1. The third-order valence-corrected chi connectivity index (χ3v) is 2.24. The highest BCUT2D eigenvalue weighted by Gasteiger charge is 2.12. The van der Waals surface area contributed by atoms with Crippen molar-refractivity contribution in [3.8, 4) is 0 Å². The van der Waals surface area contributed by atoms with Crippen LogP contribution in [-0.2, 0) is 0 Å². The quantitative estimate of drug-likeness (QED) is 0.708. The number of halogens is 1. The van der Waals surface area contributed by atoms with E-state index in [2.05, 4.69) is 0 Å². The molecule has 14 heavy (non-hydrogen) atoms. The van der Waals surface area contributed by atoms with E-state index in [0.717, 1.165) is 0 Å². The normalized spacial score (nSPS) is 10.0.